The Bertz CT molecular complexity index is 861. The van der Waals surface area contributed by atoms with E-state index in [1.54, 1.807) is 0 Å². The molecule has 0 amide bonds. The quantitative estimate of drug-likeness (QED) is 0.910. The van der Waals surface area contributed by atoms with Gasteiger partial charge in [0.2, 0.25) is 0 Å². The molecule has 6 nitrogen and oxygen atoms in total. The SMILES string of the molecule is O=C(O)c1ccnc(-n2[nH]c(C3=CC(Cl)=CCC3)cc2=O)c1. The van der Waals surface area contributed by atoms with Crippen molar-refractivity contribution in [2.45, 2.75) is 12.8 Å². The normalized spacial score (nSPS) is 14.4. The molecule has 7 heteroatoms. The van der Waals surface area contributed by atoms with E-state index in [0.29, 0.717) is 10.7 Å². The minimum atomic E-state index is -1.07. The van der Waals surface area contributed by atoms with Crippen molar-refractivity contribution < 1.29 is 9.90 Å². The Hall–Kier alpha value is -2.60. The lowest BCUT2D eigenvalue weighted by atomic mass is 10.0. The van der Waals surface area contributed by atoms with Gasteiger partial charge in [0.15, 0.2) is 5.82 Å². The smallest absolute Gasteiger partial charge is 0.335 e. The molecular formula is C15H12ClN3O3. The average Bonchev–Trinajstić information content (AvgIpc) is 2.89. The van der Waals surface area contributed by atoms with Gasteiger partial charge in [-0.3, -0.25) is 9.89 Å². The van der Waals surface area contributed by atoms with Gasteiger partial charge in [0.25, 0.3) is 5.56 Å². The van der Waals surface area contributed by atoms with E-state index < -0.39 is 5.97 Å². The van der Waals surface area contributed by atoms with Crippen LogP contribution in [0.5, 0.6) is 0 Å². The fraction of sp³-hybridized carbons (Fsp3) is 0.133. The van der Waals surface area contributed by atoms with E-state index in [1.807, 2.05) is 12.2 Å². The molecule has 3 rings (SSSR count). The standard InChI is InChI=1S/C15H12ClN3O3/c16-11-3-1-2-9(6-11)12-8-14(20)19(18-12)13-7-10(15(21)22)4-5-17-13/h3-8,18H,1-2H2,(H,21,22). The monoisotopic (exact) mass is 317 g/mol. The molecule has 2 N–H and O–H groups in total. The van der Waals surface area contributed by atoms with E-state index in [2.05, 4.69) is 10.1 Å². The summed E-state index contributed by atoms with van der Waals surface area (Å²) in [6, 6.07) is 4.16. The van der Waals surface area contributed by atoms with Gasteiger partial charge >= 0.3 is 5.97 Å². The summed E-state index contributed by atoms with van der Waals surface area (Å²) in [5.41, 5.74) is 1.34. The lowest BCUT2D eigenvalue weighted by Crippen LogP contribution is -2.15. The Morgan fingerprint density at radius 2 is 2.23 bits per heavy atom. The second kappa shape index (κ2) is 5.65. The fourth-order valence-electron chi connectivity index (χ4n) is 2.28. The van der Waals surface area contributed by atoms with Crippen LogP contribution in [0.2, 0.25) is 0 Å². The summed E-state index contributed by atoms with van der Waals surface area (Å²) >= 11 is 5.99. The fourth-order valence-corrected chi connectivity index (χ4v) is 2.52. The van der Waals surface area contributed by atoms with Gasteiger partial charge in [0.1, 0.15) is 0 Å². The number of rotatable bonds is 3. The van der Waals surface area contributed by atoms with Crippen LogP contribution in [0, 0.1) is 0 Å². The van der Waals surface area contributed by atoms with E-state index in [0.717, 1.165) is 18.4 Å². The molecular weight excluding hydrogens is 306 g/mol. The highest BCUT2D eigenvalue weighted by Crippen LogP contribution is 2.26. The molecule has 0 atom stereocenters. The van der Waals surface area contributed by atoms with Crippen molar-refractivity contribution in [3.63, 3.8) is 0 Å². The zero-order valence-corrected chi connectivity index (χ0v) is 12.2. The van der Waals surface area contributed by atoms with Crippen molar-refractivity contribution in [3.05, 3.63) is 63.2 Å². The third kappa shape index (κ3) is 2.73. The van der Waals surface area contributed by atoms with Crippen molar-refractivity contribution in [3.8, 4) is 5.82 Å². The van der Waals surface area contributed by atoms with Crippen LogP contribution in [0.3, 0.4) is 0 Å². The number of aromatic nitrogens is 3. The zero-order valence-electron chi connectivity index (χ0n) is 11.4. The predicted octanol–water partition coefficient (Wildman–Crippen LogP) is 2.56. The number of pyridine rings is 1. The number of carboxylic acids is 1. The van der Waals surface area contributed by atoms with E-state index in [-0.39, 0.29) is 16.9 Å². The first kappa shape index (κ1) is 14.3. The van der Waals surface area contributed by atoms with E-state index >= 15 is 0 Å². The van der Waals surface area contributed by atoms with Crippen LogP contribution in [-0.2, 0) is 0 Å². The molecule has 22 heavy (non-hydrogen) atoms. The zero-order chi connectivity index (χ0) is 15.7. The predicted molar refractivity (Wildman–Crippen MR) is 82.3 cm³/mol. The molecule has 0 bridgehead atoms. The Morgan fingerprint density at radius 3 is 2.95 bits per heavy atom. The van der Waals surface area contributed by atoms with Gasteiger partial charge in [0, 0.05) is 17.3 Å². The van der Waals surface area contributed by atoms with Crippen LogP contribution in [0.25, 0.3) is 11.4 Å². The third-order valence-electron chi connectivity index (χ3n) is 3.35. The van der Waals surface area contributed by atoms with Crippen LogP contribution < -0.4 is 5.56 Å². The first-order chi connectivity index (χ1) is 10.5. The Kier molecular flexibility index (Phi) is 3.68. The summed E-state index contributed by atoms with van der Waals surface area (Å²) in [6.45, 7) is 0. The lowest BCUT2D eigenvalue weighted by molar-refractivity contribution is 0.0696. The minimum absolute atomic E-state index is 0.0657. The lowest BCUT2D eigenvalue weighted by Gasteiger charge is -2.09. The van der Waals surface area contributed by atoms with Crippen molar-refractivity contribution in [2.24, 2.45) is 0 Å². The highest BCUT2D eigenvalue weighted by molar-refractivity contribution is 6.31. The summed E-state index contributed by atoms with van der Waals surface area (Å²) in [4.78, 5) is 27.2. The number of hydrogen-bond acceptors (Lipinski definition) is 3. The number of halogens is 1. The molecule has 0 aliphatic heterocycles. The summed E-state index contributed by atoms with van der Waals surface area (Å²) in [7, 11) is 0. The largest absolute Gasteiger partial charge is 0.478 e. The highest BCUT2D eigenvalue weighted by Gasteiger charge is 2.13. The number of carboxylic acid groups (broad SMARTS) is 1. The second-order valence-corrected chi connectivity index (χ2v) is 5.29. The number of carbonyl (C=O) groups is 1. The van der Waals surface area contributed by atoms with Gasteiger partial charge in [0.05, 0.1) is 11.3 Å². The summed E-state index contributed by atoms with van der Waals surface area (Å²) in [5.74, 6) is -0.843. The van der Waals surface area contributed by atoms with Crippen molar-refractivity contribution in [2.75, 3.05) is 0 Å². The van der Waals surface area contributed by atoms with E-state index in [9.17, 15) is 9.59 Å². The molecule has 1 aliphatic rings. The van der Waals surface area contributed by atoms with Gasteiger partial charge in [-0.25, -0.2) is 14.5 Å². The molecule has 2 aromatic rings. The van der Waals surface area contributed by atoms with Gasteiger partial charge in [-0.15, -0.1) is 0 Å². The van der Waals surface area contributed by atoms with Crippen LogP contribution >= 0.6 is 11.6 Å². The Balaban J connectivity index is 2.03. The van der Waals surface area contributed by atoms with Crippen LogP contribution in [0.15, 0.2) is 46.4 Å². The minimum Gasteiger partial charge on any atom is -0.478 e. The number of H-pyrrole nitrogens is 1. The van der Waals surface area contributed by atoms with Crippen molar-refractivity contribution >= 4 is 23.1 Å². The topological polar surface area (TPSA) is 88.0 Å². The van der Waals surface area contributed by atoms with Gasteiger partial charge < -0.3 is 5.11 Å². The highest BCUT2D eigenvalue weighted by atomic mass is 35.5. The summed E-state index contributed by atoms with van der Waals surface area (Å²) < 4.78 is 1.22. The molecule has 0 spiro atoms. The number of aromatic carboxylic acids is 1. The Morgan fingerprint density at radius 1 is 1.41 bits per heavy atom. The number of nitrogens with one attached hydrogen (secondary N) is 1. The molecule has 0 fully saturated rings. The maximum Gasteiger partial charge on any atom is 0.335 e. The van der Waals surface area contributed by atoms with E-state index in [4.69, 9.17) is 16.7 Å². The maximum absolute atomic E-state index is 12.1. The summed E-state index contributed by atoms with van der Waals surface area (Å²) in [6.07, 6.45) is 6.66. The first-order valence-corrected chi connectivity index (χ1v) is 7.01. The molecule has 2 aromatic heterocycles. The van der Waals surface area contributed by atoms with Gasteiger partial charge in [-0.05, 0) is 36.6 Å². The molecule has 0 saturated carbocycles. The summed E-state index contributed by atoms with van der Waals surface area (Å²) in [5, 5.41) is 12.6. The van der Waals surface area contributed by atoms with E-state index in [1.165, 1.54) is 29.1 Å². The second-order valence-electron chi connectivity index (χ2n) is 4.85. The average molecular weight is 318 g/mol. The molecule has 1 aliphatic carbocycles. The first-order valence-electron chi connectivity index (χ1n) is 6.63. The van der Waals surface area contributed by atoms with Crippen LogP contribution in [0.4, 0.5) is 0 Å². The van der Waals surface area contributed by atoms with Crippen molar-refractivity contribution in [1.29, 1.82) is 0 Å². The van der Waals surface area contributed by atoms with Gasteiger partial charge in [-0.1, -0.05) is 17.7 Å². The molecule has 2 heterocycles. The maximum atomic E-state index is 12.1. The molecule has 0 radical (unpaired) electrons. The number of hydrogen-bond donors (Lipinski definition) is 2. The molecule has 112 valence electrons. The molecule has 0 saturated heterocycles. The number of nitrogens with zero attached hydrogens (tertiary/aromatic N) is 2. The van der Waals surface area contributed by atoms with Gasteiger partial charge in [-0.2, -0.15) is 0 Å². The third-order valence-corrected chi connectivity index (χ3v) is 3.62. The van der Waals surface area contributed by atoms with Crippen molar-refractivity contribution in [1.82, 2.24) is 14.8 Å². The molecule has 0 aromatic carbocycles. The van der Waals surface area contributed by atoms with Crippen LogP contribution in [0.1, 0.15) is 28.9 Å². The van der Waals surface area contributed by atoms with Crippen LogP contribution in [-0.4, -0.2) is 25.8 Å². The Labute approximate surface area is 130 Å². The number of aromatic amines is 1. The number of allylic oxidation sites excluding steroid dienone is 4. The molecule has 0 unspecified atom stereocenters.